The van der Waals surface area contributed by atoms with Crippen LogP contribution in [0, 0.1) is 0 Å². The smallest absolute Gasteiger partial charge is 0.0620 e. The Hall–Kier alpha value is -9.18. The van der Waals surface area contributed by atoms with E-state index < -0.39 is 0 Å². The standard InChI is InChI=1S/C66H41N3/c1-2-11-42(12-3-1)43-21-23-44(24-22-43)45-29-33-50(34-30-45)67-60-18-7-5-14-53(60)58-39-48(31-37-63(58)67)46-25-27-47(28-26-46)49-32-38-64-59(40-49)54-15-6-8-19-61(54)68(64)51-35-36-55-57-17-10-16-56-52-13-4-9-20-62(52)69(66(56)57)65(55)41-51/h1-41H. The van der Waals surface area contributed by atoms with Crippen molar-refractivity contribution in [3.05, 3.63) is 249 Å². The van der Waals surface area contributed by atoms with Gasteiger partial charge in [-0.15, -0.1) is 0 Å². The van der Waals surface area contributed by atoms with E-state index >= 15 is 0 Å². The van der Waals surface area contributed by atoms with Crippen molar-refractivity contribution in [3.8, 4) is 55.9 Å². The van der Waals surface area contributed by atoms with Gasteiger partial charge in [-0.25, -0.2) is 0 Å². The third kappa shape index (κ3) is 5.68. The van der Waals surface area contributed by atoms with Crippen LogP contribution in [-0.4, -0.2) is 13.5 Å². The minimum atomic E-state index is 1.15. The van der Waals surface area contributed by atoms with Gasteiger partial charge in [0.05, 0.1) is 38.6 Å². The molecule has 0 spiro atoms. The van der Waals surface area contributed by atoms with E-state index in [0.29, 0.717) is 0 Å². The molecule has 15 rings (SSSR count). The number of hydrogen-bond acceptors (Lipinski definition) is 0. The van der Waals surface area contributed by atoms with Gasteiger partial charge in [-0.3, -0.25) is 0 Å². The van der Waals surface area contributed by atoms with Gasteiger partial charge < -0.3 is 13.5 Å². The highest BCUT2D eigenvalue weighted by molar-refractivity contribution is 6.23. The van der Waals surface area contributed by atoms with Gasteiger partial charge >= 0.3 is 0 Å². The molecule has 0 aliphatic heterocycles. The van der Waals surface area contributed by atoms with E-state index in [4.69, 9.17) is 0 Å². The summed E-state index contributed by atoms with van der Waals surface area (Å²) >= 11 is 0. The molecule has 11 aromatic carbocycles. The molecule has 69 heavy (non-hydrogen) atoms. The van der Waals surface area contributed by atoms with Gasteiger partial charge in [-0.1, -0.05) is 182 Å². The molecule has 0 unspecified atom stereocenters. The number of aromatic nitrogens is 3. The number of para-hydroxylation sites is 4. The maximum Gasteiger partial charge on any atom is 0.0620 e. The summed E-state index contributed by atoms with van der Waals surface area (Å²) < 4.78 is 7.31. The van der Waals surface area contributed by atoms with Crippen molar-refractivity contribution in [1.29, 1.82) is 0 Å². The van der Waals surface area contributed by atoms with E-state index in [1.807, 2.05) is 0 Å². The van der Waals surface area contributed by atoms with Crippen LogP contribution in [0.3, 0.4) is 0 Å². The molecule has 0 aliphatic rings. The fraction of sp³-hybridized carbons (Fsp3) is 0. The topological polar surface area (TPSA) is 14.3 Å². The van der Waals surface area contributed by atoms with Crippen molar-refractivity contribution in [1.82, 2.24) is 13.5 Å². The molecular weight excluding hydrogens is 835 g/mol. The summed E-state index contributed by atoms with van der Waals surface area (Å²) in [6, 6.07) is 91.6. The number of hydrogen-bond donors (Lipinski definition) is 0. The van der Waals surface area contributed by atoms with E-state index in [0.717, 1.165) is 11.4 Å². The van der Waals surface area contributed by atoms with Gasteiger partial charge in [0.1, 0.15) is 0 Å². The first-order valence-corrected chi connectivity index (χ1v) is 23.8. The van der Waals surface area contributed by atoms with E-state index in [1.54, 1.807) is 0 Å². The minimum Gasteiger partial charge on any atom is -0.309 e. The highest BCUT2D eigenvalue weighted by Crippen LogP contribution is 2.42. The summed E-state index contributed by atoms with van der Waals surface area (Å²) in [7, 11) is 0. The molecule has 0 aliphatic carbocycles. The average Bonchev–Trinajstić information content (AvgIpc) is 4.15. The summed E-state index contributed by atoms with van der Waals surface area (Å²) in [6.07, 6.45) is 0. The third-order valence-electron chi connectivity index (χ3n) is 14.8. The molecule has 0 atom stereocenters. The lowest BCUT2D eigenvalue weighted by Crippen LogP contribution is -1.94. The quantitative estimate of drug-likeness (QED) is 0.158. The predicted octanol–water partition coefficient (Wildman–Crippen LogP) is 17.7. The molecule has 15 aromatic rings. The summed E-state index contributed by atoms with van der Waals surface area (Å²) in [6.45, 7) is 0. The molecule has 0 radical (unpaired) electrons. The number of fused-ring (bicyclic) bond motifs is 12. The van der Waals surface area contributed by atoms with E-state index in [9.17, 15) is 0 Å². The van der Waals surface area contributed by atoms with Crippen molar-refractivity contribution >= 4 is 81.7 Å². The van der Waals surface area contributed by atoms with Gasteiger partial charge in [0.25, 0.3) is 0 Å². The fourth-order valence-corrected chi connectivity index (χ4v) is 11.6. The van der Waals surface area contributed by atoms with Crippen LogP contribution in [0.1, 0.15) is 0 Å². The van der Waals surface area contributed by atoms with Crippen molar-refractivity contribution in [2.45, 2.75) is 0 Å². The first-order valence-electron chi connectivity index (χ1n) is 23.8. The zero-order valence-corrected chi connectivity index (χ0v) is 37.5. The van der Waals surface area contributed by atoms with Crippen LogP contribution in [0.15, 0.2) is 249 Å². The Labute approximate surface area is 397 Å². The Morgan fingerprint density at radius 3 is 1.10 bits per heavy atom. The van der Waals surface area contributed by atoms with E-state index in [1.165, 1.54) is 126 Å². The summed E-state index contributed by atoms with van der Waals surface area (Å²) in [5.41, 5.74) is 20.6. The van der Waals surface area contributed by atoms with Gasteiger partial charge in [0.2, 0.25) is 0 Å². The minimum absolute atomic E-state index is 1.15. The molecule has 3 nitrogen and oxygen atoms in total. The largest absolute Gasteiger partial charge is 0.309 e. The van der Waals surface area contributed by atoms with Crippen molar-refractivity contribution in [2.24, 2.45) is 0 Å². The summed E-state index contributed by atoms with van der Waals surface area (Å²) in [5, 5.41) is 10.2. The van der Waals surface area contributed by atoms with Gasteiger partial charge in [0.15, 0.2) is 0 Å². The van der Waals surface area contributed by atoms with Crippen LogP contribution >= 0.6 is 0 Å². The van der Waals surface area contributed by atoms with Crippen LogP contribution in [0.4, 0.5) is 0 Å². The molecule has 0 saturated heterocycles. The van der Waals surface area contributed by atoms with E-state index in [2.05, 4.69) is 262 Å². The molecular formula is C66H41N3. The lowest BCUT2D eigenvalue weighted by Gasteiger charge is -2.11. The second kappa shape index (κ2) is 14.7. The summed E-state index contributed by atoms with van der Waals surface area (Å²) in [5.74, 6) is 0. The monoisotopic (exact) mass is 875 g/mol. The maximum atomic E-state index is 2.47. The Morgan fingerprint density at radius 2 is 0.551 bits per heavy atom. The molecule has 3 heteroatoms. The second-order valence-corrected chi connectivity index (χ2v) is 18.5. The van der Waals surface area contributed by atoms with Gasteiger partial charge in [-0.05, 0) is 111 Å². The highest BCUT2D eigenvalue weighted by atomic mass is 15.0. The lowest BCUT2D eigenvalue weighted by atomic mass is 9.98. The number of benzene rings is 11. The molecule has 0 amide bonds. The van der Waals surface area contributed by atoms with Gasteiger partial charge in [0, 0.05) is 54.5 Å². The average molecular weight is 876 g/mol. The summed E-state index contributed by atoms with van der Waals surface area (Å²) in [4.78, 5) is 0. The van der Waals surface area contributed by atoms with Crippen molar-refractivity contribution in [2.75, 3.05) is 0 Å². The van der Waals surface area contributed by atoms with Crippen LogP contribution in [0.2, 0.25) is 0 Å². The fourth-order valence-electron chi connectivity index (χ4n) is 11.6. The molecule has 320 valence electrons. The normalized spacial score (nSPS) is 12.1. The lowest BCUT2D eigenvalue weighted by molar-refractivity contribution is 1.18. The number of nitrogens with zero attached hydrogens (tertiary/aromatic N) is 3. The first-order chi connectivity index (χ1) is 34.2. The third-order valence-corrected chi connectivity index (χ3v) is 14.8. The molecule has 4 aromatic heterocycles. The highest BCUT2D eigenvalue weighted by Gasteiger charge is 2.20. The molecule has 4 heterocycles. The van der Waals surface area contributed by atoms with E-state index in [-0.39, 0.29) is 0 Å². The predicted molar refractivity (Wildman–Crippen MR) is 292 cm³/mol. The van der Waals surface area contributed by atoms with Crippen molar-refractivity contribution < 1.29 is 0 Å². The molecule has 0 saturated carbocycles. The second-order valence-electron chi connectivity index (χ2n) is 18.5. The van der Waals surface area contributed by atoms with Gasteiger partial charge in [-0.2, -0.15) is 0 Å². The molecule has 0 N–H and O–H groups in total. The SMILES string of the molecule is c1ccc(-c2ccc(-c3ccc(-n4c5ccccc5c5cc(-c6ccc(-c7ccc8c(c7)c7ccccc7n8-c7ccc8c9cccc%10c%11ccccc%11n(c8c7)c%109)cc6)ccc54)cc3)cc2)cc1. The van der Waals surface area contributed by atoms with Crippen LogP contribution in [0.25, 0.3) is 138 Å². The maximum absolute atomic E-state index is 2.47. The Bertz CT molecular complexity index is 4490. The molecule has 0 bridgehead atoms. The van der Waals surface area contributed by atoms with Crippen LogP contribution < -0.4 is 0 Å². The Balaban J connectivity index is 0.766. The molecule has 0 fully saturated rings. The van der Waals surface area contributed by atoms with Crippen LogP contribution in [0.5, 0.6) is 0 Å². The zero-order chi connectivity index (χ0) is 45.2. The number of rotatable bonds is 6. The Kier molecular flexibility index (Phi) is 8.07. The first kappa shape index (κ1) is 38.0. The van der Waals surface area contributed by atoms with Crippen molar-refractivity contribution in [3.63, 3.8) is 0 Å². The Morgan fingerprint density at radius 1 is 0.188 bits per heavy atom. The zero-order valence-electron chi connectivity index (χ0n) is 37.5. The van der Waals surface area contributed by atoms with Crippen LogP contribution in [-0.2, 0) is 0 Å².